The van der Waals surface area contributed by atoms with Crippen molar-refractivity contribution in [3.05, 3.63) is 51.7 Å². The largest absolute Gasteiger partial charge is 0.482 e. The molecule has 4 rings (SSSR count). The zero-order valence-electron chi connectivity index (χ0n) is 23.1. The van der Waals surface area contributed by atoms with Gasteiger partial charge in [-0.2, -0.15) is 5.26 Å². The summed E-state index contributed by atoms with van der Waals surface area (Å²) in [6.45, 7) is 13.6. The van der Waals surface area contributed by atoms with Gasteiger partial charge in [0.05, 0.1) is 11.3 Å². The highest BCUT2D eigenvalue weighted by Gasteiger charge is 2.34. The van der Waals surface area contributed by atoms with Gasteiger partial charge >= 0.3 is 0 Å². The lowest BCUT2D eigenvalue weighted by Crippen LogP contribution is -2.28. The van der Waals surface area contributed by atoms with Gasteiger partial charge in [-0.25, -0.2) is 0 Å². The summed E-state index contributed by atoms with van der Waals surface area (Å²) in [6, 6.07) is 10.2. The summed E-state index contributed by atoms with van der Waals surface area (Å²) >= 11 is 2.92. The van der Waals surface area contributed by atoms with E-state index in [4.69, 9.17) is 4.74 Å². The minimum Gasteiger partial charge on any atom is -0.482 e. The van der Waals surface area contributed by atoms with Crippen LogP contribution in [-0.4, -0.2) is 26.4 Å². The Kier molecular flexibility index (Phi) is 8.84. The van der Waals surface area contributed by atoms with Crippen molar-refractivity contribution in [2.24, 2.45) is 11.3 Å². The second kappa shape index (κ2) is 11.9. The highest BCUT2D eigenvalue weighted by atomic mass is 32.2. The maximum absolute atomic E-state index is 12.9. The van der Waals surface area contributed by atoms with Crippen LogP contribution < -0.4 is 10.1 Å². The van der Waals surface area contributed by atoms with Crippen LogP contribution >= 0.6 is 23.1 Å². The fourth-order valence-electron chi connectivity index (χ4n) is 4.98. The third kappa shape index (κ3) is 5.92. The number of para-hydroxylation sites is 1. The van der Waals surface area contributed by atoms with Crippen molar-refractivity contribution in [3.8, 4) is 11.8 Å². The van der Waals surface area contributed by atoms with Crippen LogP contribution in [0.1, 0.15) is 81.0 Å². The predicted octanol–water partition coefficient (Wildman–Crippen LogP) is 6.95. The Morgan fingerprint density at radius 2 is 2.11 bits per heavy atom. The van der Waals surface area contributed by atoms with E-state index in [2.05, 4.69) is 42.4 Å². The van der Waals surface area contributed by atoms with Crippen molar-refractivity contribution in [2.75, 3.05) is 11.1 Å². The van der Waals surface area contributed by atoms with Crippen LogP contribution in [0.4, 0.5) is 5.00 Å². The average Bonchev–Trinajstić information content (AvgIpc) is 3.48. The highest BCUT2D eigenvalue weighted by molar-refractivity contribution is 7.99. The molecule has 2 atom stereocenters. The third-order valence-electron chi connectivity index (χ3n) is 7.80. The molecule has 0 bridgehead atoms. The summed E-state index contributed by atoms with van der Waals surface area (Å²) in [5, 5.41) is 23.0. The van der Waals surface area contributed by atoms with Crippen LogP contribution in [0, 0.1) is 29.6 Å². The number of hydrogen-bond donors (Lipinski definition) is 1. The van der Waals surface area contributed by atoms with E-state index in [1.165, 1.54) is 16.6 Å². The Morgan fingerprint density at radius 1 is 1.34 bits per heavy atom. The number of nitrogens with zero attached hydrogens (tertiary/aromatic N) is 4. The first-order chi connectivity index (χ1) is 18.2. The normalized spacial score (nSPS) is 16.0. The monoisotopic (exact) mass is 551 g/mol. The number of rotatable bonds is 10. The number of aromatic nitrogens is 3. The number of nitriles is 1. The van der Waals surface area contributed by atoms with E-state index in [0.29, 0.717) is 28.2 Å². The van der Waals surface area contributed by atoms with E-state index in [1.54, 1.807) is 11.3 Å². The van der Waals surface area contributed by atoms with Crippen LogP contribution in [0.3, 0.4) is 0 Å². The van der Waals surface area contributed by atoms with Gasteiger partial charge in [0, 0.05) is 11.4 Å². The molecule has 9 heteroatoms. The molecular formula is C29H37N5O2S2. The van der Waals surface area contributed by atoms with Gasteiger partial charge in [0.15, 0.2) is 17.1 Å². The van der Waals surface area contributed by atoms with Gasteiger partial charge in [-0.05, 0) is 68.6 Å². The standard InChI is InChI=1S/C29H37N5O2S2/c1-7-29(5,6)20-13-14-21-22(16-30)27(38-24(21)15-20)31-25(35)17-37-28-33-32-26(34(28)8-2)19(4)36-23-12-10-9-11-18(23)3/h9-12,19-20H,7-8,13-15,17H2,1-6H3,(H,31,35). The molecule has 0 aliphatic heterocycles. The topological polar surface area (TPSA) is 92.8 Å². The van der Waals surface area contributed by atoms with Crippen molar-refractivity contribution in [1.82, 2.24) is 14.8 Å². The quantitative estimate of drug-likeness (QED) is 0.274. The molecule has 2 aromatic heterocycles. The molecule has 0 saturated carbocycles. The van der Waals surface area contributed by atoms with Gasteiger partial charge in [0.1, 0.15) is 16.8 Å². The first-order valence-corrected chi connectivity index (χ1v) is 15.1. The molecule has 38 heavy (non-hydrogen) atoms. The van der Waals surface area contributed by atoms with Gasteiger partial charge < -0.3 is 14.6 Å². The maximum Gasteiger partial charge on any atom is 0.235 e. The number of carbonyl (C=O) groups excluding carboxylic acids is 1. The molecule has 202 valence electrons. The lowest BCUT2D eigenvalue weighted by atomic mass is 9.69. The lowest BCUT2D eigenvalue weighted by Gasteiger charge is -2.36. The molecule has 1 N–H and O–H groups in total. The smallest absolute Gasteiger partial charge is 0.235 e. The minimum atomic E-state index is -0.288. The molecule has 2 unspecified atom stereocenters. The van der Waals surface area contributed by atoms with Gasteiger partial charge in [-0.15, -0.1) is 21.5 Å². The Morgan fingerprint density at radius 3 is 2.79 bits per heavy atom. The predicted molar refractivity (Wildman–Crippen MR) is 154 cm³/mol. The van der Waals surface area contributed by atoms with Gasteiger partial charge in [0.25, 0.3) is 0 Å². The zero-order chi connectivity index (χ0) is 27.4. The molecule has 2 heterocycles. The van der Waals surface area contributed by atoms with E-state index in [9.17, 15) is 10.1 Å². The van der Waals surface area contributed by atoms with E-state index in [1.807, 2.05) is 49.6 Å². The molecule has 0 radical (unpaired) electrons. The molecular weight excluding hydrogens is 514 g/mol. The number of benzene rings is 1. The number of hydrogen-bond acceptors (Lipinski definition) is 7. The van der Waals surface area contributed by atoms with Crippen molar-refractivity contribution >= 4 is 34.0 Å². The van der Waals surface area contributed by atoms with E-state index in [0.717, 1.165) is 48.4 Å². The summed E-state index contributed by atoms with van der Waals surface area (Å²) in [7, 11) is 0. The number of fused-ring (bicyclic) bond motifs is 1. The van der Waals surface area contributed by atoms with E-state index < -0.39 is 0 Å². The number of thiophene rings is 1. The summed E-state index contributed by atoms with van der Waals surface area (Å²) in [6.07, 6.45) is 3.81. The summed E-state index contributed by atoms with van der Waals surface area (Å²) < 4.78 is 8.14. The van der Waals surface area contributed by atoms with Crippen LogP contribution in [0.15, 0.2) is 29.4 Å². The summed E-state index contributed by atoms with van der Waals surface area (Å²) in [4.78, 5) is 14.2. The number of nitrogens with one attached hydrogen (secondary N) is 1. The molecule has 0 spiro atoms. The van der Waals surface area contributed by atoms with Crippen molar-refractivity contribution in [3.63, 3.8) is 0 Å². The minimum absolute atomic E-state index is 0.146. The van der Waals surface area contributed by atoms with Crippen molar-refractivity contribution in [2.45, 2.75) is 85.0 Å². The Balaban J connectivity index is 1.41. The number of anilines is 1. The Labute approximate surface area is 234 Å². The highest BCUT2D eigenvalue weighted by Crippen LogP contribution is 2.45. The molecule has 1 aromatic carbocycles. The molecule has 1 aliphatic carbocycles. The van der Waals surface area contributed by atoms with Gasteiger partial charge in [0.2, 0.25) is 5.91 Å². The Hall–Kier alpha value is -2.83. The fourth-order valence-corrected chi connectivity index (χ4v) is 7.08. The summed E-state index contributed by atoms with van der Waals surface area (Å²) in [5.41, 5.74) is 3.09. The molecule has 1 amide bonds. The SMILES string of the molecule is CCn1c(SCC(=O)Nc2sc3c(c2C#N)CCC(C(C)(C)CC)C3)nnc1C(C)Oc1ccccc1C. The molecule has 1 aliphatic rings. The number of thioether (sulfide) groups is 1. The first-order valence-electron chi connectivity index (χ1n) is 13.3. The molecule has 0 saturated heterocycles. The molecule has 3 aromatic rings. The number of ether oxygens (including phenoxy) is 1. The van der Waals surface area contributed by atoms with Crippen LogP contribution in [-0.2, 0) is 24.2 Å². The van der Waals surface area contributed by atoms with E-state index in [-0.39, 0.29) is 23.2 Å². The zero-order valence-corrected chi connectivity index (χ0v) is 24.8. The van der Waals surface area contributed by atoms with Crippen molar-refractivity contribution < 1.29 is 9.53 Å². The number of aryl methyl sites for hydroxylation is 1. The van der Waals surface area contributed by atoms with Crippen LogP contribution in [0.25, 0.3) is 0 Å². The number of amides is 1. The lowest BCUT2D eigenvalue weighted by molar-refractivity contribution is -0.113. The first kappa shape index (κ1) is 28.2. The molecule has 0 fully saturated rings. The van der Waals surface area contributed by atoms with Gasteiger partial charge in [-0.3, -0.25) is 4.79 Å². The second-order valence-corrected chi connectivity index (χ2v) is 12.6. The Bertz CT molecular complexity index is 1340. The van der Waals surface area contributed by atoms with Crippen LogP contribution in [0.5, 0.6) is 5.75 Å². The number of carbonyl (C=O) groups is 1. The fraction of sp³-hybridized carbons (Fsp3) is 0.517. The summed E-state index contributed by atoms with van der Waals surface area (Å²) in [5.74, 6) is 2.17. The van der Waals surface area contributed by atoms with Gasteiger partial charge in [-0.1, -0.05) is 57.2 Å². The molecule has 7 nitrogen and oxygen atoms in total. The van der Waals surface area contributed by atoms with E-state index >= 15 is 0 Å². The average molecular weight is 552 g/mol. The maximum atomic E-state index is 12.9. The van der Waals surface area contributed by atoms with Crippen LogP contribution in [0.2, 0.25) is 0 Å². The third-order valence-corrected chi connectivity index (χ3v) is 9.94. The second-order valence-electron chi connectivity index (χ2n) is 10.5. The van der Waals surface area contributed by atoms with Crippen molar-refractivity contribution in [1.29, 1.82) is 5.26 Å².